The van der Waals surface area contributed by atoms with Crippen LogP contribution in [-0.4, -0.2) is 37.2 Å². The average Bonchev–Trinajstić information content (AvgIpc) is 3.41. The molecule has 0 fully saturated rings. The van der Waals surface area contributed by atoms with Crippen molar-refractivity contribution in [2.24, 2.45) is 0 Å². The van der Waals surface area contributed by atoms with E-state index in [9.17, 15) is 14.4 Å². The van der Waals surface area contributed by atoms with Crippen molar-refractivity contribution >= 4 is 17.9 Å². The fourth-order valence-electron chi connectivity index (χ4n) is 7.10. The van der Waals surface area contributed by atoms with Gasteiger partial charge in [-0.15, -0.1) is 0 Å². The Bertz CT molecular complexity index is 1800. The van der Waals surface area contributed by atoms with Gasteiger partial charge in [-0.05, 0) is 135 Å². The quantitative estimate of drug-likeness (QED) is 0.0261. The number of ether oxygens (including phenoxy) is 3. The van der Waals surface area contributed by atoms with E-state index in [-0.39, 0.29) is 44.4 Å². The van der Waals surface area contributed by atoms with Gasteiger partial charge < -0.3 is 14.2 Å². The van der Waals surface area contributed by atoms with E-state index in [1.165, 1.54) is 38.5 Å². The van der Waals surface area contributed by atoms with E-state index in [2.05, 4.69) is 191 Å². The number of hydrogen-bond donors (Lipinski definition) is 0. The minimum absolute atomic E-state index is 0.104. The Morgan fingerprint density at radius 2 is 0.587 bits per heavy atom. The second-order valence-electron chi connectivity index (χ2n) is 18.4. The van der Waals surface area contributed by atoms with Crippen LogP contribution in [0.25, 0.3) is 0 Å². The monoisotopic (exact) mass is 1030 g/mol. The summed E-state index contributed by atoms with van der Waals surface area (Å²) >= 11 is 0. The zero-order chi connectivity index (χ0) is 54.3. The summed E-state index contributed by atoms with van der Waals surface area (Å²) in [5.74, 6) is -1.16. The van der Waals surface area contributed by atoms with Gasteiger partial charge in [0.05, 0.1) is 6.42 Å². The third-order valence-electron chi connectivity index (χ3n) is 11.4. The molecule has 1 atom stereocenters. The maximum Gasteiger partial charge on any atom is 0.309 e. The molecule has 416 valence electrons. The number of allylic oxidation sites excluding steroid dienone is 29. The van der Waals surface area contributed by atoms with E-state index in [1.807, 2.05) is 6.08 Å². The first-order chi connectivity index (χ1) is 37.0. The Morgan fingerprint density at radius 3 is 0.973 bits per heavy atom. The molecule has 0 aliphatic heterocycles. The second-order valence-corrected chi connectivity index (χ2v) is 18.4. The largest absolute Gasteiger partial charge is 0.462 e. The number of esters is 3. The number of carbonyl (C=O) groups excluding carboxylic acids is 3. The summed E-state index contributed by atoms with van der Waals surface area (Å²) in [5, 5.41) is 0. The summed E-state index contributed by atoms with van der Waals surface area (Å²) in [6, 6.07) is 0. The molecule has 6 heteroatoms. The van der Waals surface area contributed by atoms with Gasteiger partial charge in [-0.3, -0.25) is 14.4 Å². The molecular formula is C69H104O6. The van der Waals surface area contributed by atoms with Crippen LogP contribution in [0.2, 0.25) is 0 Å². The lowest BCUT2D eigenvalue weighted by atomic mass is 10.1. The molecule has 0 aromatic carbocycles. The molecule has 0 heterocycles. The van der Waals surface area contributed by atoms with Gasteiger partial charge in [-0.2, -0.15) is 0 Å². The third-order valence-corrected chi connectivity index (χ3v) is 11.4. The molecule has 75 heavy (non-hydrogen) atoms. The summed E-state index contributed by atoms with van der Waals surface area (Å²) in [6.45, 7) is 6.21. The first-order valence-corrected chi connectivity index (χ1v) is 29.3. The van der Waals surface area contributed by atoms with Crippen molar-refractivity contribution in [1.82, 2.24) is 0 Å². The molecule has 0 aliphatic carbocycles. The Hall–Kier alpha value is -5.49. The summed E-state index contributed by atoms with van der Waals surface area (Å²) in [4.78, 5) is 38.1. The second kappa shape index (κ2) is 61.1. The molecule has 0 aliphatic rings. The van der Waals surface area contributed by atoms with Crippen molar-refractivity contribution in [1.29, 1.82) is 0 Å². The zero-order valence-electron chi connectivity index (χ0n) is 47.5. The molecule has 0 rings (SSSR count). The molecule has 0 amide bonds. The van der Waals surface area contributed by atoms with Gasteiger partial charge >= 0.3 is 17.9 Å². The van der Waals surface area contributed by atoms with Gasteiger partial charge in [-0.1, -0.05) is 242 Å². The van der Waals surface area contributed by atoms with E-state index in [4.69, 9.17) is 14.2 Å². The Balaban J connectivity index is 4.64. The first kappa shape index (κ1) is 69.5. The SMILES string of the molecule is CC/C=C\C/C=C\C/C=C\C/C=C\C/C=C\C/C=C\C/C=C\CCCC(=O)OCC(COC(=O)C/C=C\C/C=C\C/C=C\C/C=C\C/C=C\CC)OC(=O)CCCCCCCC/C=C\C/C=C\C/C=C\CCCCC. The fourth-order valence-corrected chi connectivity index (χ4v) is 7.10. The lowest BCUT2D eigenvalue weighted by Gasteiger charge is -2.18. The van der Waals surface area contributed by atoms with Crippen molar-refractivity contribution < 1.29 is 28.6 Å². The van der Waals surface area contributed by atoms with Crippen molar-refractivity contribution in [2.75, 3.05) is 13.2 Å². The van der Waals surface area contributed by atoms with E-state index >= 15 is 0 Å². The van der Waals surface area contributed by atoms with Crippen molar-refractivity contribution in [3.63, 3.8) is 0 Å². The van der Waals surface area contributed by atoms with Crippen LogP contribution in [0.5, 0.6) is 0 Å². The van der Waals surface area contributed by atoms with Crippen LogP contribution in [-0.2, 0) is 28.6 Å². The standard InChI is InChI=1S/C69H104O6/c1-4-7-10-13-16-19-22-25-28-30-32-33-34-35-37-38-41-44-47-50-53-56-59-62-68(71)74-65-66(64-73-67(70)61-58-55-52-49-46-43-40-27-24-21-18-15-12-9-6-3)75-69(72)63-60-57-54-51-48-45-42-39-36-31-29-26-23-20-17-14-11-8-5-2/h7,9-10,12,16-21,25-29,32-33,35-37,39-41,44,46,49-50,53,55,58,66H,4-6,8,11,13-15,22-24,30-31,34,38,42-43,45,47-48,51-52,54,56-57,59-65H2,1-3H3/b10-7-,12-9-,19-16-,20-17-,21-18-,28-25-,29-26-,33-32-,37-35-,39-36-,40-27-,44-41-,49-46-,53-50-,58-55-. The molecule has 0 N–H and O–H groups in total. The van der Waals surface area contributed by atoms with E-state index in [0.29, 0.717) is 12.8 Å². The van der Waals surface area contributed by atoms with Gasteiger partial charge in [0.2, 0.25) is 0 Å². The van der Waals surface area contributed by atoms with E-state index in [1.54, 1.807) is 6.08 Å². The molecule has 0 aromatic heterocycles. The highest BCUT2D eigenvalue weighted by atomic mass is 16.6. The Morgan fingerprint density at radius 1 is 0.293 bits per heavy atom. The van der Waals surface area contributed by atoms with Crippen molar-refractivity contribution in [3.8, 4) is 0 Å². The van der Waals surface area contributed by atoms with Crippen LogP contribution < -0.4 is 0 Å². The van der Waals surface area contributed by atoms with Crippen LogP contribution in [0, 0.1) is 0 Å². The van der Waals surface area contributed by atoms with Crippen LogP contribution in [0.15, 0.2) is 182 Å². The van der Waals surface area contributed by atoms with Gasteiger partial charge in [0.15, 0.2) is 6.10 Å². The highest BCUT2D eigenvalue weighted by Crippen LogP contribution is 2.12. The molecule has 0 saturated carbocycles. The van der Waals surface area contributed by atoms with Crippen LogP contribution >= 0.6 is 0 Å². The van der Waals surface area contributed by atoms with E-state index < -0.39 is 12.1 Å². The molecule has 0 aromatic rings. The zero-order valence-corrected chi connectivity index (χ0v) is 47.5. The first-order valence-electron chi connectivity index (χ1n) is 29.3. The average molecular weight is 1030 g/mol. The number of carbonyl (C=O) groups is 3. The summed E-state index contributed by atoms with van der Waals surface area (Å²) < 4.78 is 16.7. The highest BCUT2D eigenvalue weighted by Gasteiger charge is 2.19. The highest BCUT2D eigenvalue weighted by molar-refractivity contribution is 5.72. The molecule has 1 unspecified atom stereocenters. The lowest BCUT2D eigenvalue weighted by molar-refractivity contribution is -0.166. The molecule has 0 radical (unpaired) electrons. The molecule has 0 saturated heterocycles. The summed E-state index contributed by atoms with van der Waals surface area (Å²) in [7, 11) is 0. The fraction of sp³-hybridized carbons (Fsp3) is 0.522. The summed E-state index contributed by atoms with van der Waals surface area (Å²) in [6.07, 6.45) is 92.0. The molecule has 0 bridgehead atoms. The van der Waals surface area contributed by atoms with Crippen LogP contribution in [0.3, 0.4) is 0 Å². The van der Waals surface area contributed by atoms with Gasteiger partial charge in [0, 0.05) is 12.8 Å². The van der Waals surface area contributed by atoms with Gasteiger partial charge in [-0.25, -0.2) is 0 Å². The summed E-state index contributed by atoms with van der Waals surface area (Å²) in [5.41, 5.74) is 0. The maximum atomic E-state index is 12.9. The Labute approximate surface area is 459 Å². The van der Waals surface area contributed by atoms with Crippen LogP contribution in [0.4, 0.5) is 0 Å². The predicted molar refractivity (Wildman–Crippen MR) is 324 cm³/mol. The minimum Gasteiger partial charge on any atom is -0.462 e. The lowest BCUT2D eigenvalue weighted by Crippen LogP contribution is -2.30. The molecular weight excluding hydrogens is 925 g/mol. The third kappa shape index (κ3) is 59.3. The van der Waals surface area contributed by atoms with Crippen molar-refractivity contribution in [3.05, 3.63) is 182 Å². The van der Waals surface area contributed by atoms with Gasteiger partial charge in [0.1, 0.15) is 13.2 Å². The Kier molecular flexibility index (Phi) is 56.6. The topological polar surface area (TPSA) is 78.9 Å². The smallest absolute Gasteiger partial charge is 0.309 e. The maximum absolute atomic E-state index is 12.9. The number of hydrogen-bond acceptors (Lipinski definition) is 6. The molecule has 0 spiro atoms. The number of rotatable bonds is 50. The molecule has 6 nitrogen and oxygen atoms in total. The number of unbranched alkanes of at least 4 members (excludes halogenated alkanes) is 10. The van der Waals surface area contributed by atoms with Crippen molar-refractivity contribution in [2.45, 2.75) is 219 Å². The van der Waals surface area contributed by atoms with Crippen LogP contribution in [0.1, 0.15) is 213 Å². The van der Waals surface area contributed by atoms with E-state index in [0.717, 1.165) is 122 Å². The predicted octanol–water partition coefficient (Wildman–Crippen LogP) is 20.1. The normalized spacial score (nSPS) is 13.5. The van der Waals surface area contributed by atoms with Gasteiger partial charge in [0.25, 0.3) is 0 Å². The minimum atomic E-state index is -0.860.